The van der Waals surface area contributed by atoms with Crippen LogP contribution < -0.4 is 5.32 Å². The van der Waals surface area contributed by atoms with Crippen molar-refractivity contribution in [3.8, 4) is 11.1 Å². The maximum Gasteiger partial charge on any atom is 0.407 e. The minimum absolute atomic E-state index is 0.0301. The third-order valence-corrected chi connectivity index (χ3v) is 8.28. The zero-order valence-corrected chi connectivity index (χ0v) is 20.1. The molecule has 1 unspecified atom stereocenters. The van der Waals surface area contributed by atoms with Crippen molar-refractivity contribution in [3.05, 3.63) is 59.7 Å². The van der Waals surface area contributed by atoms with Crippen molar-refractivity contribution in [1.29, 1.82) is 0 Å². The van der Waals surface area contributed by atoms with Crippen LogP contribution in [-0.4, -0.2) is 52.2 Å². The number of amides is 2. The zero-order valence-electron chi connectivity index (χ0n) is 20.1. The average molecular weight is 477 g/mol. The molecule has 3 aliphatic rings. The fourth-order valence-corrected chi connectivity index (χ4v) is 6.17. The van der Waals surface area contributed by atoms with Crippen LogP contribution in [0.4, 0.5) is 4.79 Å². The van der Waals surface area contributed by atoms with E-state index < -0.39 is 23.1 Å². The lowest BCUT2D eigenvalue weighted by molar-refractivity contribution is -0.157. The molecule has 1 saturated carbocycles. The SMILES string of the molecule is CCC1(C(=O)O)CCCN1C(=O)CC1(NC(=O)OCC2c3ccccc3-c3ccccc32)CCC1. The number of carbonyl (C=O) groups is 3. The second kappa shape index (κ2) is 9.02. The molecule has 2 amide bonds. The summed E-state index contributed by atoms with van der Waals surface area (Å²) in [6.07, 6.45) is 3.38. The molecule has 2 aliphatic carbocycles. The van der Waals surface area contributed by atoms with Crippen molar-refractivity contribution in [2.45, 2.75) is 68.9 Å². The van der Waals surface area contributed by atoms with Crippen molar-refractivity contribution in [1.82, 2.24) is 10.2 Å². The molecule has 1 atom stereocenters. The van der Waals surface area contributed by atoms with Crippen LogP contribution in [0.25, 0.3) is 11.1 Å². The first-order chi connectivity index (χ1) is 16.9. The molecule has 0 spiro atoms. The maximum absolute atomic E-state index is 13.2. The van der Waals surface area contributed by atoms with E-state index in [0.717, 1.165) is 17.5 Å². The molecule has 7 nitrogen and oxygen atoms in total. The fourth-order valence-electron chi connectivity index (χ4n) is 6.17. The van der Waals surface area contributed by atoms with Gasteiger partial charge in [-0.15, -0.1) is 0 Å². The van der Waals surface area contributed by atoms with Gasteiger partial charge in [0.1, 0.15) is 12.1 Å². The Kier molecular flexibility index (Phi) is 6.03. The summed E-state index contributed by atoms with van der Waals surface area (Å²) >= 11 is 0. The molecule has 7 heteroatoms. The molecule has 2 aromatic carbocycles. The minimum atomic E-state index is -1.13. The van der Waals surface area contributed by atoms with E-state index >= 15 is 0 Å². The Labute approximate surface area is 205 Å². The number of benzene rings is 2. The van der Waals surface area contributed by atoms with Crippen LogP contribution in [0.1, 0.15) is 68.9 Å². The first-order valence-corrected chi connectivity index (χ1v) is 12.6. The molecule has 2 fully saturated rings. The van der Waals surface area contributed by atoms with Crippen LogP contribution in [0, 0.1) is 0 Å². The number of hydrogen-bond acceptors (Lipinski definition) is 4. The van der Waals surface area contributed by atoms with Gasteiger partial charge in [0.05, 0.1) is 12.0 Å². The second-order valence-electron chi connectivity index (χ2n) is 10.1. The zero-order chi connectivity index (χ0) is 24.6. The van der Waals surface area contributed by atoms with Crippen LogP contribution in [0.2, 0.25) is 0 Å². The van der Waals surface area contributed by atoms with E-state index in [4.69, 9.17) is 4.74 Å². The Morgan fingerprint density at radius 2 is 1.63 bits per heavy atom. The first kappa shape index (κ1) is 23.4. The van der Waals surface area contributed by atoms with Gasteiger partial charge in [0, 0.05) is 12.5 Å². The third kappa shape index (κ3) is 3.97. The van der Waals surface area contributed by atoms with Gasteiger partial charge in [-0.25, -0.2) is 9.59 Å². The number of aliphatic carboxylic acids is 1. The Morgan fingerprint density at radius 3 is 2.17 bits per heavy atom. The van der Waals surface area contributed by atoms with Crippen LogP contribution in [-0.2, 0) is 14.3 Å². The lowest BCUT2D eigenvalue weighted by atomic mass is 9.74. The molecule has 0 aromatic heterocycles. The quantitative estimate of drug-likeness (QED) is 0.604. The van der Waals surface area contributed by atoms with E-state index in [-0.39, 0.29) is 24.9 Å². The van der Waals surface area contributed by atoms with Crippen LogP contribution >= 0.6 is 0 Å². The predicted octanol–water partition coefficient (Wildman–Crippen LogP) is 4.69. The van der Waals surface area contributed by atoms with Gasteiger partial charge in [0.25, 0.3) is 0 Å². The van der Waals surface area contributed by atoms with Gasteiger partial charge in [-0.2, -0.15) is 0 Å². The standard InChI is InChI=1S/C28H32N2O5/c1-2-28(25(32)33)15-8-16-30(28)24(31)17-27(13-7-14-27)29-26(34)35-18-23-21-11-5-3-9-19(21)20-10-4-6-12-22(20)23/h3-6,9-12,23H,2,7-8,13-18H2,1H3,(H,29,34)(H,32,33). The monoisotopic (exact) mass is 476 g/mol. The highest BCUT2D eigenvalue weighted by Crippen LogP contribution is 2.45. The lowest BCUT2D eigenvalue weighted by Gasteiger charge is -2.44. The highest BCUT2D eigenvalue weighted by Gasteiger charge is 2.51. The summed E-state index contributed by atoms with van der Waals surface area (Å²) < 4.78 is 5.71. The van der Waals surface area contributed by atoms with Crippen molar-refractivity contribution in [2.24, 2.45) is 0 Å². The van der Waals surface area contributed by atoms with E-state index in [2.05, 4.69) is 29.6 Å². The number of alkyl carbamates (subject to hydrolysis) is 1. The van der Waals surface area contributed by atoms with Crippen molar-refractivity contribution in [3.63, 3.8) is 0 Å². The number of hydrogen-bond donors (Lipinski definition) is 2. The highest BCUT2D eigenvalue weighted by molar-refractivity contribution is 5.88. The van der Waals surface area contributed by atoms with Gasteiger partial charge in [-0.3, -0.25) is 4.79 Å². The van der Waals surface area contributed by atoms with Gasteiger partial charge in [-0.05, 0) is 60.8 Å². The molecular weight excluding hydrogens is 444 g/mol. The number of nitrogens with one attached hydrogen (secondary N) is 1. The lowest BCUT2D eigenvalue weighted by Crippen LogP contribution is -2.59. The van der Waals surface area contributed by atoms with Gasteiger partial charge < -0.3 is 20.1 Å². The molecule has 184 valence electrons. The number of fused-ring (bicyclic) bond motifs is 3. The van der Waals surface area contributed by atoms with E-state index in [1.807, 2.05) is 31.2 Å². The summed E-state index contributed by atoms with van der Waals surface area (Å²) in [4.78, 5) is 39.6. The Morgan fingerprint density at radius 1 is 1.00 bits per heavy atom. The first-order valence-electron chi connectivity index (χ1n) is 12.6. The average Bonchev–Trinajstić information content (AvgIpc) is 3.42. The summed E-state index contributed by atoms with van der Waals surface area (Å²) in [6, 6.07) is 16.4. The summed E-state index contributed by atoms with van der Waals surface area (Å²) in [5.41, 5.74) is 2.83. The molecule has 0 bridgehead atoms. The van der Waals surface area contributed by atoms with Gasteiger partial charge in [0.15, 0.2) is 0 Å². The van der Waals surface area contributed by atoms with Crippen LogP contribution in [0.15, 0.2) is 48.5 Å². The number of carboxylic acid groups (broad SMARTS) is 1. The van der Waals surface area contributed by atoms with E-state index in [1.165, 1.54) is 16.0 Å². The number of carboxylic acids is 1. The number of likely N-dealkylation sites (tertiary alicyclic amines) is 1. The molecule has 2 N–H and O–H groups in total. The largest absolute Gasteiger partial charge is 0.479 e. The molecule has 5 rings (SSSR count). The van der Waals surface area contributed by atoms with Crippen molar-refractivity contribution in [2.75, 3.05) is 13.2 Å². The van der Waals surface area contributed by atoms with E-state index in [1.54, 1.807) is 0 Å². The fraction of sp³-hybridized carbons (Fsp3) is 0.464. The summed E-state index contributed by atoms with van der Waals surface area (Å²) in [5, 5.41) is 12.8. The minimum Gasteiger partial charge on any atom is -0.479 e. The number of rotatable bonds is 7. The van der Waals surface area contributed by atoms with Crippen molar-refractivity contribution < 1.29 is 24.2 Å². The third-order valence-electron chi connectivity index (χ3n) is 8.28. The molecule has 1 saturated heterocycles. The number of ether oxygens (including phenoxy) is 1. The van der Waals surface area contributed by atoms with Crippen molar-refractivity contribution >= 4 is 18.0 Å². The summed E-state index contributed by atoms with van der Waals surface area (Å²) in [7, 11) is 0. The van der Waals surface area contributed by atoms with E-state index in [9.17, 15) is 19.5 Å². The number of nitrogens with zero attached hydrogens (tertiary/aromatic N) is 1. The van der Waals surface area contributed by atoms with Gasteiger partial charge in [-0.1, -0.05) is 55.5 Å². The second-order valence-corrected chi connectivity index (χ2v) is 10.1. The van der Waals surface area contributed by atoms with Crippen LogP contribution in [0.5, 0.6) is 0 Å². The summed E-state index contributed by atoms with van der Waals surface area (Å²) in [6.45, 7) is 2.47. The number of carbonyl (C=O) groups excluding carboxylic acids is 2. The Bertz CT molecular complexity index is 1110. The molecule has 2 aromatic rings. The smallest absolute Gasteiger partial charge is 0.407 e. The normalized spacial score (nSPS) is 22.1. The Balaban J connectivity index is 1.24. The predicted molar refractivity (Wildman–Crippen MR) is 131 cm³/mol. The van der Waals surface area contributed by atoms with Crippen LogP contribution in [0.3, 0.4) is 0 Å². The van der Waals surface area contributed by atoms with Gasteiger partial charge >= 0.3 is 12.1 Å². The molecule has 35 heavy (non-hydrogen) atoms. The molecule has 1 aliphatic heterocycles. The molecule has 1 heterocycles. The van der Waals surface area contributed by atoms with Gasteiger partial charge in [0.2, 0.25) is 5.91 Å². The topological polar surface area (TPSA) is 95.9 Å². The highest BCUT2D eigenvalue weighted by atomic mass is 16.5. The van der Waals surface area contributed by atoms with E-state index in [0.29, 0.717) is 38.6 Å². The molecular formula is C28H32N2O5. The maximum atomic E-state index is 13.2. The molecule has 0 radical (unpaired) electrons. The summed E-state index contributed by atoms with van der Waals surface area (Å²) in [5.74, 6) is -1.18. The Hall–Kier alpha value is -3.35.